The predicted molar refractivity (Wildman–Crippen MR) is 76.4 cm³/mol. The van der Waals surface area contributed by atoms with Gasteiger partial charge in [0, 0.05) is 12.5 Å². The van der Waals surface area contributed by atoms with Gasteiger partial charge in [0.1, 0.15) is 11.6 Å². The summed E-state index contributed by atoms with van der Waals surface area (Å²) in [5.41, 5.74) is 0.448. The number of imidazole rings is 1. The highest BCUT2D eigenvalue weighted by molar-refractivity contribution is 7.92. The van der Waals surface area contributed by atoms with E-state index in [0.29, 0.717) is 30.3 Å². The van der Waals surface area contributed by atoms with E-state index in [0.717, 1.165) is 0 Å². The smallest absolute Gasteiger partial charge is 0.278 e. The van der Waals surface area contributed by atoms with Crippen LogP contribution in [0, 0.1) is 0 Å². The number of aryl methyl sites for hydroxylation is 1. The van der Waals surface area contributed by atoms with E-state index < -0.39 is 10.0 Å². The van der Waals surface area contributed by atoms with Crippen LogP contribution in [-0.2, 0) is 16.4 Å². The molecule has 0 saturated carbocycles. The lowest BCUT2D eigenvalue weighted by Crippen LogP contribution is -2.13. The van der Waals surface area contributed by atoms with E-state index in [1.54, 1.807) is 24.3 Å². The topological polar surface area (TPSA) is 84.1 Å². The summed E-state index contributed by atoms with van der Waals surface area (Å²) < 4.78 is 32.2. The molecule has 1 aromatic carbocycles. The van der Waals surface area contributed by atoms with Crippen LogP contribution < -0.4 is 9.46 Å². The van der Waals surface area contributed by atoms with E-state index in [2.05, 4.69) is 14.7 Å². The van der Waals surface area contributed by atoms with Crippen LogP contribution in [0.1, 0.15) is 19.7 Å². The monoisotopic (exact) mass is 295 g/mol. The number of rotatable bonds is 6. The zero-order valence-corrected chi connectivity index (χ0v) is 12.2. The number of ether oxygens (including phenoxy) is 1. The largest absolute Gasteiger partial charge is 0.494 e. The SMILES string of the molecule is CCOc1cccc(NS(=O)(=O)c2cnc(CC)[nH]2)c1. The minimum absolute atomic E-state index is 0.0520. The first-order valence-corrected chi connectivity index (χ1v) is 7.83. The molecule has 108 valence electrons. The van der Waals surface area contributed by atoms with Gasteiger partial charge in [-0.2, -0.15) is 8.42 Å². The lowest BCUT2D eigenvalue weighted by atomic mass is 10.3. The first kappa shape index (κ1) is 14.4. The highest BCUT2D eigenvalue weighted by atomic mass is 32.2. The molecule has 0 aliphatic carbocycles. The molecule has 1 aromatic heterocycles. The second kappa shape index (κ2) is 5.96. The standard InChI is InChI=1S/C13H17N3O3S/c1-3-12-14-9-13(15-12)20(17,18)16-10-6-5-7-11(8-10)19-4-2/h5-9,16H,3-4H2,1-2H3,(H,14,15). The molecular weight excluding hydrogens is 278 g/mol. The molecule has 0 amide bonds. The number of benzene rings is 1. The molecule has 0 bridgehead atoms. The van der Waals surface area contributed by atoms with Crippen LogP contribution in [0.5, 0.6) is 5.75 Å². The molecule has 20 heavy (non-hydrogen) atoms. The Hall–Kier alpha value is -2.02. The van der Waals surface area contributed by atoms with Gasteiger partial charge in [0.15, 0.2) is 5.03 Å². The number of nitrogens with one attached hydrogen (secondary N) is 2. The Morgan fingerprint density at radius 3 is 2.80 bits per heavy atom. The second-order valence-electron chi connectivity index (χ2n) is 4.11. The molecule has 0 aliphatic rings. The molecule has 7 heteroatoms. The third-order valence-electron chi connectivity index (χ3n) is 2.63. The summed E-state index contributed by atoms with van der Waals surface area (Å²) in [6.45, 7) is 4.29. The number of sulfonamides is 1. The summed E-state index contributed by atoms with van der Waals surface area (Å²) in [7, 11) is -3.66. The fraction of sp³-hybridized carbons (Fsp3) is 0.308. The molecule has 2 rings (SSSR count). The van der Waals surface area contributed by atoms with Crippen molar-refractivity contribution in [3.8, 4) is 5.75 Å². The Morgan fingerprint density at radius 2 is 2.15 bits per heavy atom. The number of aromatic nitrogens is 2. The van der Waals surface area contributed by atoms with Gasteiger partial charge in [0.25, 0.3) is 10.0 Å². The van der Waals surface area contributed by atoms with Crippen LogP contribution in [0.2, 0.25) is 0 Å². The van der Waals surface area contributed by atoms with Gasteiger partial charge in [-0.3, -0.25) is 4.72 Å². The van der Waals surface area contributed by atoms with E-state index in [9.17, 15) is 8.42 Å². The molecule has 0 radical (unpaired) electrons. The van der Waals surface area contributed by atoms with E-state index in [4.69, 9.17) is 4.74 Å². The van der Waals surface area contributed by atoms with Crippen molar-refractivity contribution in [1.82, 2.24) is 9.97 Å². The van der Waals surface area contributed by atoms with Crippen molar-refractivity contribution in [2.75, 3.05) is 11.3 Å². The normalized spacial score (nSPS) is 11.3. The average molecular weight is 295 g/mol. The Bertz CT molecular complexity index is 680. The fourth-order valence-corrected chi connectivity index (χ4v) is 2.68. The predicted octanol–water partition coefficient (Wildman–Crippen LogP) is 2.17. The quantitative estimate of drug-likeness (QED) is 0.855. The van der Waals surface area contributed by atoms with Crippen molar-refractivity contribution in [2.45, 2.75) is 25.3 Å². The molecule has 2 aromatic rings. The lowest BCUT2D eigenvalue weighted by molar-refractivity contribution is 0.340. The summed E-state index contributed by atoms with van der Waals surface area (Å²) in [5.74, 6) is 1.25. The van der Waals surface area contributed by atoms with Gasteiger partial charge in [-0.15, -0.1) is 0 Å². The van der Waals surface area contributed by atoms with Crippen molar-refractivity contribution in [3.63, 3.8) is 0 Å². The zero-order chi connectivity index (χ0) is 14.6. The molecule has 2 N–H and O–H groups in total. The van der Waals surface area contributed by atoms with Crippen LogP contribution >= 0.6 is 0 Å². The number of anilines is 1. The van der Waals surface area contributed by atoms with Gasteiger partial charge in [0.05, 0.1) is 18.5 Å². The molecule has 0 aliphatic heterocycles. The van der Waals surface area contributed by atoms with Crippen LogP contribution in [0.3, 0.4) is 0 Å². The van der Waals surface area contributed by atoms with Gasteiger partial charge < -0.3 is 9.72 Å². The second-order valence-corrected chi connectivity index (χ2v) is 5.76. The Balaban J connectivity index is 2.21. The van der Waals surface area contributed by atoms with E-state index >= 15 is 0 Å². The molecule has 1 heterocycles. The summed E-state index contributed by atoms with van der Waals surface area (Å²) >= 11 is 0. The van der Waals surface area contributed by atoms with Crippen molar-refractivity contribution < 1.29 is 13.2 Å². The molecule has 0 fully saturated rings. The number of aromatic amines is 1. The molecular formula is C13H17N3O3S. The third-order valence-corrected chi connectivity index (χ3v) is 3.92. The molecule has 6 nitrogen and oxygen atoms in total. The third kappa shape index (κ3) is 3.30. The molecule has 0 saturated heterocycles. The van der Waals surface area contributed by atoms with Crippen molar-refractivity contribution >= 4 is 15.7 Å². The summed E-state index contributed by atoms with van der Waals surface area (Å²) in [6, 6.07) is 6.80. The van der Waals surface area contributed by atoms with Gasteiger partial charge in [-0.1, -0.05) is 13.0 Å². The van der Waals surface area contributed by atoms with Crippen molar-refractivity contribution in [2.24, 2.45) is 0 Å². The number of H-pyrrole nitrogens is 1. The van der Waals surface area contributed by atoms with E-state index in [1.807, 2.05) is 13.8 Å². The van der Waals surface area contributed by atoms with Crippen LogP contribution in [0.4, 0.5) is 5.69 Å². The minimum Gasteiger partial charge on any atom is -0.494 e. The fourth-order valence-electron chi connectivity index (χ4n) is 1.69. The Kier molecular flexibility index (Phi) is 4.29. The maximum Gasteiger partial charge on any atom is 0.278 e. The van der Waals surface area contributed by atoms with E-state index in [-0.39, 0.29) is 5.03 Å². The zero-order valence-electron chi connectivity index (χ0n) is 11.4. The summed E-state index contributed by atoms with van der Waals surface area (Å²) in [4.78, 5) is 6.76. The first-order valence-electron chi connectivity index (χ1n) is 6.34. The first-order chi connectivity index (χ1) is 9.55. The van der Waals surface area contributed by atoms with Gasteiger partial charge in [-0.25, -0.2) is 4.98 Å². The summed E-state index contributed by atoms with van der Waals surface area (Å²) in [6.07, 6.45) is 1.96. The van der Waals surface area contributed by atoms with Gasteiger partial charge in [0.2, 0.25) is 0 Å². The molecule has 0 spiro atoms. The maximum atomic E-state index is 12.2. The number of nitrogens with zero attached hydrogens (tertiary/aromatic N) is 1. The van der Waals surface area contributed by atoms with Gasteiger partial charge >= 0.3 is 0 Å². The highest BCUT2D eigenvalue weighted by Gasteiger charge is 2.17. The van der Waals surface area contributed by atoms with Crippen LogP contribution in [0.25, 0.3) is 0 Å². The van der Waals surface area contributed by atoms with Crippen LogP contribution in [-0.4, -0.2) is 25.0 Å². The number of hydrogen-bond donors (Lipinski definition) is 2. The van der Waals surface area contributed by atoms with Crippen molar-refractivity contribution in [1.29, 1.82) is 0 Å². The summed E-state index contributed by atoms with van der Waals surface area (Å²) in [5, 5.41) is 0.0520. The highest BCUT2D eigenvalue weighted by Crippen LogP contribution is 2.20. The number of hydrogen-bond acceptors (Lipinski definition) is 4. The molecule has 0 atom stereocenters. The minimum atomic E-state index is -3.66. The average Bonchev–Trinajstić information content (AvgIpc) is 2.88. The maximum absolute atomic E-state index is 12.2. The Morgan fingerprint density at radius 1 is 1.35 bits per heavy atom. The lowest BCUT2D eigenvalue weighted by Gasteiger charge is -2.08. The van der Waals surface area contributed by atoms with Crippen molar-refractivity contribution in [3.05, 3.63) is 36.3 Å². The van der Waals surface area contributed by atoms with E-state index in [1.165, 1.54) is 6.20 Å². The molecule has 0 unspecified atom stereocenters. The van der Waals surface area contributed by atoms with Gasteiger partial charge in [-0.05, 0) is 19.1 Å². The Labute approximate surface area is 118 Å². The van der Waals surface area contributed by atoms with Crippen LogP contribution in [0.15, 0.2) is 35.5 Å².